The largest absolute Gasteiger partial charge is 0.390 e. The third kappa shape index (κ3) is 1.77. The highest BCUT2D eigenvalue weighted by Gasteiger charge is 2.52. The fourth-order valence-corrected chi connectivity index (χ4v) is 2.25. The smallest absolute Gasteiger partial charge is 0.299 e. The summed E-state index contributed by atoms with van der Waals surface area (Å²) in [7, 11) is 1.44. The topological polar surface area (TPSA) is 33.2 Å². The number of hydrogen-bond donors (Lipinski definition) is 0. The zero-order valence-electron chi connectivity index (χ0n) is 9.38. The van der Waals surface area contributed by atoms with Gasteiger partial charge in [-0.25, -0.2) is 4.98 Å². The molecule has 0 spiro atoms. The monoisotopic (exact) mass is 244 g/mol. The molecule has 1 aromatic rings. The Morgan fingerprint density at radius 2 is 2.12 bits per heavy atom. The minimum Gasteiger partial charge on any atom is -0.299 e. The summed E-state index contributed by atoms with van der Waals surface area (Å²) >= 11 is 0. The van der Waals surface area contributed by atoms with E-state index in [9.17, 15) is 18.0 Å². The number of rotatable bonds is 1. The standard InChI is InChI=1S/C11H11F3N2O/c1-10(6-11(12,13)14)7-4-3-5-15-8(7)16(2)9(10)17/h3-5H,6H2,1-2H3. The van der Waals surface area contributed by atoms with E-state index in [-0.39, 0.29) is 0 Å². The molecule has 2 rings (SSSR count). The summed E-state index contributed by atoms with van der Waals surface area (Å²) in [6.07, 6.45) is -4.09. The van der Waals surface area contributed by atoms with Gasteiger partial charge in [0.1, 0.15) is 5.82 Å². The predicted octanol–water partition coefficient (Wildman–Crippen LogP) is 2.27. The highest BCUT2D eigenvalue weighted by molar-refractivity contribution is 6.06. The van der Waals surface area contributed by atoms with Crippen molar-refractivity contribution in [3.63, 3.8) is 0 Å². The van der Waals surface area contributed by atoms with Crippen molar-refractivity contribution < 1.29 is 18.0 Å². The van der Waals surface area contributed by atoms with Gasteiger partial charge in [-0.3, -0.25) is 9.69 Å². The first-order valence-electron chi connectivity index (χ1n) is 5.06. The van der Waals surface area contributed by atoms with E-state index in [4.69, 9.17) is 0 Å². The van der Waals surface area contributed by atoms with E-state index in [2.05, 4.69) is 4.98 Å². The molecule has 1 unspecified atom stereocenters. The molecule has 92 valence electrons. The number of nitrogens with zero attached hydrogens (tertiary/aromatic N) is 2. The third-order valence-corrected chi connectivity index (χ3v) is 3.03. The quantitative estimate of drug-likeness (QED) is 0.759. The van der Waals surface area contributed by atoms with Crippen LogP contribution in [0, 0.1) is 0 Å². The Balaban J connectivity index is 2.52. The van der Waals surface area contributed by atoms with Gasteiger partial charge in [0.2, 0.25) is 5.91 Å². The maximum Gasteiger partial charge on any atom is 0.390 e. The average Bonchev–Trinajstić information content (AvgIpc) is 2.40. The number of likely N-dealkylation sites (N-methyl/N-ethyl adjacent to an activating group) is 1. The number of carbonyl (C=O) groups is 1. The third-order valence-electron chi connectivity index (χ3n) is 3.03. The SMILES string of the molecule is CN1C(=O)C(C)(CC(F)(F)F)c2cccnc21. The van der Waals surface area contributed by atoms with Gasteiger partial charge in [-0.05, 0) is 13.0 Å². The van der Waals surface area contributed by atoms with Gasteiger partial charge in [0, 0.05) is 18.8 Å². The van der Waals surface area contributed by atoms with Gasteiger partial charge in [-0.2, -0.15) is 13.2 Å². The molecule has 1 aliphatic rings. The molecule has 2 heterocycles. The van der Waals surface area contributed by atoms with Crippen molar-refractivity contribution in [2.24, 2.45) is 0 Å². The second-order valence-electron chi connectivity index (χ2n) is 4.36. The van der Waals surface area contributed by atoms with Crippen molar-refractivity contribution >= 4 is 11.7 Å². The maximum absolute atomic E-state index is 12.6. The normalized spacial score (nSPS) is 24.1. The van der Waals surface area contributed by atoms with Crippen LogP contribution in [-0.2, 0) is 10.2 Å². The minimum absolute atomic E-state index is 0.309. The molecule has 0 aliphatic carbocycles. The van der Waals surface area contributed by atoms with Crippen LogP contribution >= 0.6 is 0 Å². The molecule has 0 aromatic carbocycles. The second-order valence-corrected chi connectivity index (χ2v) is 4.36. The van der Waals surface area contributed by atoms with E-state index in [0.717, 1.165) is 0 Å². The second kappa shape index (κ2) is 3.45. The van der Waals surface area contributed by atoms with Gasteiger partial charge in [-0.1, -0.05) is 6.07 Å². The van der Waals surface area contributed by atoms with Crippen LogP contribution in [0.15, 0.2) is 18.3 Å². The van der Waals surface area contributed by atoms with Crippen molar-refractivity contribution in [3.05, 3.63) is 23.9 Å². The molecule has 6 heteroatoms. The zero-order chi connectivity index (χ0) is 12.8. The van der Waals surface area contributed by atoms with Gasteiger partial charge in [0.05, 0.1) is 11.8 Å². The van der Waals surface area contributed by atoms with Crippen LogP contribution in [0.25, 0.3) is 0 Å². The van der Waals surface area contributed by atoms with Gasteiger partial charge in [0.25, 0.3) is 0 Å². The summed E-state index contributed by atoms with van der Waals surface area (Å²) in [5.74, 6) is -0.257. The Hall–Kier alpha value is -1.59. The van der Waals surface area contributed by atoms with Crippen molar-refractivity contribution in [1.29, 1.82) is 0 Å². The summed E-state index contributed by atoms with van der Waals surface area (Å²) in [5.41, 5.74) is -1.22. The van der Waals surface area contributed by atoms with Crippen LogP contribution in [0.1, 0.15) is 18.9 Å². The summed E-state index contributed by atoms with van der Waals surface area (Å²) in [5, 5.41) is 0. The number of hydrogen-bond acceptors (Lipinski definition) is 2. The number of alkyl halides is 3. The average molecular weight is 244 g/mol. The number of fused-ring (bicyclic) bond motifs is 1. The van der Waals surface area contributed by atoms with Crippen LogP contribution in [0.5, 0.6) is 0 Å². The molecule has 0 bridgehead atoms. The number of pyridine rings is 1. The Morgan fingerprint density at radius 3 is 2.71 bits per heavy atom. The van der Waals surface area contributed by atoms with Crippen molar-refractivity contribution in [2.45, 2.75) is 24.9 Å². The number of halogens is 3. The lowest BCUT2D eigenvalue weighted by Gasteiger charge is -2.24. The number of amides is 1. The van der Waals surface area contributed by atoms with E-state index < -0.39 is 23.9 Å². The van der Waals surface area contributed by atoms with E-state index in [0.29, 0.717) is 11.4 Å². The molecule has 0 fully saturated rings. The van der Waals surface area contributed by atoms with Crippen LogP contribution in [-0.4, -0.2) is 24.1 Å². The molecule has 17 heavy (non-hydrogen) atoms. The number of aromatic nitrogens is 1. The van der Waals surface area contributed by atoms with Gasteiger partial charge < -0.3 is 0 Å². The van der Waals surface area contributed by atoms with E-state index in [1.807, 2.05) is 0 Å². The van der Waals surface area contributed by atoms with Crippen LogP contribution in [0.2, 0.25) is 0 Å². The van der Waals surface area contributed by atoms with E-state index >= 15 is 0 Å². The predicted molar refractivity (Wildman–Crippen MR) is 55.7 cm³/mol. The molecule has 0 N–H and O–H groups in total. The summed E-state index contributed by atoms with van der Waals surface area (Å²) in [6.45, 7) is 1.31. The van der Waals surface area contributed by atoms with Gasteiger partial charge >= 0.3 is 6.18 Å². The van der Waals surface area contributed by atoms with Crippen LogP contribution < -0.4 is 4.90 Å². The molecule has 0 radical (unpaired) electrons. The molecule has 1 aliphatic heterocycles. The van der Waals surface area contributed by atoms with Crippen LogP contribution in [0.3, 0.4) is 0 Å². The summed E-state index contributed by atoms with van der Waals surface area (Å²) in [6, 6.07) is 3.06. The highest BCUT2D eigenvalue weighted by atomic mass is 19.4. The fraction of sp³-hybridized carbons (Fsp3) is 0.455. The lowest BCUT2D eigenvalue weighted by atomic mass is 9.81. The van der Waals surface area contributed by atoms with Gasteiger partial charge in [0.15, 0.2) is 0 Å². The number of anilines is 1. The molecule has 1 aromatic heterocycles. The molecule has 1 amide bonds. The Labute approximate surface area is 96.3 Å². The molecule has 1 atom stereocenters. The molecule has 3 nitrogen and oxygen atoms in total. The summed E-state index contributed by atoms with van der Waals surface area (Å²) in [4.78, 5) is 17.1. The Kier molecular flexibility index (Phi) is 2.41. The molecular weight excluding hydrogens is 233 g/mol. The Morgan fingerprint density at radius 1 is 1.47 bits per heavy atom. The lowest BCUT2D eigenvalue weighted by Crippen LogP contribution is -2.39. The zero-order valence-corrected chi connectivity index (χ0v) is 9.38. The highest BCUT2D eigenvalue weighted by Crippen LogP contribution is 2.45. The molecule has 0 saturated heterocycles. The van der Waals surface area contributed by atoms with Crippen molar-refractivity contribution in [3.8, 4) is 0 Å². The first-order valence-corrected chi connectivity index (χ1v) is 5.06. The first-order chi connectivity index (χ1) is 7.76. The van der Waals surface area contributed by atoms with E-state index in [1.165, 1.54) is 31.1 Å². The first kappa shape index (κ1) is 11.9. The molecule has 0 saturated carbocycles. The minimum atomic E-state index is -4.39. The maximum atomic E-state index is 12.6. The van der Waals surface area contributed by atoms with E-state index in [1.54, 1.807) is 6.07 Å². The van der Waals surface area contributed by atoms with Crippen molar-refractivity contribution in [2.75, 3.05) is 11.9 Å². The van der Waals surface area contributed by atoms with Gasteiger partial charge in [-0.15, -0.1) is 0 Å². The van der Waals surface area contributed by atoms with Crippen LogP contribution in [0.4, 0.5) is 19.0 Å². The fourth-order valence-electron chi connectivity index (χ4n) is 2.25. The summed E-state index contributed by atoms with van der Waals surface area (Å²) < 4.78 is 37.7. The Bertz CT molecular complexity index is 472. The van der Waals surface area contributed by atoms with Crippen molar-refractivity contribution in [1.82, 2.24) is 4.98 Å². The lowest BCUT2D eigenvalue weighted by molar-refractivity contribution is -0.154. The number of carbonyl (C=O) groups excluding carboxylic acids is 1. The molecular formula is C11H11F3N2O.